The summed E-state index contributed by atoms with van der Waals surface area (Å²) >= 11 is 0. The first-order valence-electron chi connectivity index (χ1n) is 4.65. The zero-order valence-electron chi connectivity index (χ0n) is 8.48. The molecule has 2 N–H and O–H groups in total. The molecule has 0 saturated carbocycles. The Labute approximate surface area is 74.9 Å². The Balaban J connectivity index is 3.70. The molecule has 0 heterocycles. The highest BCUT2D eigenvalue weighted by atomic mass is 16.2. The molecule has 0 aliphatic heterocycles. The van der Waals surface area contributed by atoms with E-state index in [0.717, 1.165) is 13.0 Å². The van der Waals surface area contributed by atoms with Crippen LogP contribution in [-0.4, -0.2) is 24.5 Å². The van der Waals surface area contributed by atoms with Crippen LogP contribution in [0.3, 0.4) is 0 Å². The molecule has 2 unspecified atom stereocenters. The second kappa shape index (κ2) is 6.00. The first kappa shape index (κ1) is 11.4. The van der Waals surface area contributed by atoms with Crippen LogP contribution in [0.5, 0.6) is 0 Å². The molecule has 2 atom stereocenters. The normalized spacial score (nSPS) is 15.3. The molecule has 0 fully saturated rings. The number of rotatable bonds is 5. The molecule has 12 heavy (non-hydrogen) atoms. The van der Waals surface area contributed by atoms with Gasteiger partial charge < -0.3 is 10.6 Å². The van der Waals surface area contributed by atoms with Crippen LogP contribution in [0.1, 0.15) is 34.1 Å². The van der Waals surface area contributed by atoms with Gasteiger partial charge in [0.15, 0.2) is 0 Å². The van der Waals surface area contributed by atoms with Crippen LogP contribution in [0, 0.1) is 0 Å². The van der Waals surface area contributed by atoms with Gasteiger partial charge in [0.05, 0.1) is 6.04 Å². The van der Waals surface area contributed by atoms with Gasteiger partial charge in [0, 0.05) is 6.04 Å². The Bertz CT molecular complexity index is 136. The average Bonchev–Trinajstić information content (AvgIpc) is 2.04. The van der Waals surface area contributed by atoms with E-state index in [2.05, 4.69) is 17.6 Å². The molecule has 0 saturated heterocycles. The van der Waals surface area contributed by atoms with Crippen molar-refractivity contribution < 1.29 is 4.79 Å². The zero-order chi connectivity index (χ0) is 9.56. The molecule has 3 heteroatoms. The highest BCUT2D eigenvalue weighted by Gasteiger charge is 2.12. The molecule has 1 amide bonds. The van der Waals surface area contributed by atoms with E-state index in [1.807, 2.05) is 20.8 Å². The van der Waals surface area contributed by atoms with E-state index < -0.39 is 0 Å². The van der Waals surface area contributed by atoms with Crippen molar-refractivity contribution >= 4 is 5.91 Å². The fourth-order valence-electron chi connectivity index (χ4n) is 0.869. The lowest BCUT2D eigenvalue weighted by molar-refractivity contribution is -0.123. The third kappa shape index (κ3) is 4.34. The van der Waals surface area contributed by atoms with E-state index in [0.29, 0.717) is 0 Å². The van der Waals surface area contributed by atoms with E-state index in [1.165, 1.54) is 0 Å². The lowest BCUT2D eigenvalue weighted by atomic mass is 10.2. The topological polar surface area (TPSA) is 41.1 Å². The number of likely N-dealkylation sites (N-methyl/N-ethyl adjacent to an activating group) is 1. The van der Waals surface area contributed by atoms with Gasteiger partial charge in [0.1, 0.15) is 0 Å². The number of hydrogen-bond acceptors (Lipinski definition) is 2. The van der Waals surface area contributed by atoms with Gasteiger partial charge in [-0.25, -0.2) is 0 Å². The van der Waals surface area contributed by atoms with Gasteiger partial charge in [-0.05, 0) is 26.8 Å². The highest BCUT2D eigenvalue weighted by Crippen LogP contribution is 1.89. The number of carbonyl (C=O) groups excluding carboxylic acids is 1. The minimum atomic E-state index is -0.0796. The van der Waals surface area contributed by atoms with Crippen LogP contribution in [-0.2, 0) is 4.79 Å². The van der Waals surface area contributed by atoms with Crippen molar-refractivity contribution in [2.75, 3.05) is 6.54 Å². The van der Waals surface area contributed by atoms with Gasteiger partial charge in [-0.2, -0.15) is 0 Å². The summed E-state index contributed by atoms with van der Waals surface area (Å²) < 4.78 is 0. The standard InChI is InChI=1S/C9H20N2O/c1-5-7(3)11-9(12)8(4)10-6-2/h7-8,10H,5-6H2,1-4H3,(H,11,12). The molecule has 0 aromatic heterocycles. The quantitative estimate of drug-likeness (QED) is 0.647. The maximum Gasteiger partial charge on any atom is 0.237 e. The Kier molecular flexibility index (Phi) is 5.72. The lowest BCUT2D eigenvalue weighted by Gasteiger charge is -2.16. The minimum Gasteiger partial charge on any atom is -0.352 e. The fraction of sp³-hybridized carbons (Fsp3) is 0.889. The predicted octanol–water partition coefficient (Wildman–Crippen LogP) is 0.899. The van der Waals surface area contributed by atoms with Gasteiger partial charge in [-0.3, -0.25) is 4.79 Å². The minimum absolute atomic E-state index is 0.0796. The van der Waals surface area contributed by atoms with Crippen molar-refractivity contribution in [1.29, 1.82) is 0 Å². The van der Waals surface area contributed by atoms with Crippen molar-refractivity contribution in [3.63, 3.8) is 0 Å². The van der Waals surface area contributed by atoms with Gasteiger partial charge in [-0.1, -0.05) is 13.8 Å². The zero-order valence-corrected chi connectivity index (χ0v) is 8.48. The summed E-state index contributed by atoms with van der Waals surface area (Å²) in [5, 5.41) is 5.98. The Hall–Kier alpha value is -0.570. The van der Waals surface area contributed by atoms with Gasteiger partial charge in [0.2, 0.25) is 5.91 Å². The molecule has 0 aliphatic rings. The van der Waals surface area contributed by atoms with Gasteiger partial charge >= 0.3 is 0 Å². The summed E-state index contributed by atoms with van der Waals surface area (Å²) in [5.41, 5.74) is 0. The molecule has 0 bridgehead atoms. The summed E-state index contributed by atoms with van der Waals surface area (Å²) in [6.45, 7) is 8.77. The molecule has 72 valence electrons. The molecule has 0 radical (unpaired) electrons. The SMILES string of the molecule is CCNC(C)C(=O)NC(C)CC. The van der Waals surface area contributed by atoms with E-state index in [4.69, 9.17) is 0 Å². The van der Waals surface area contributed by atoms with Crippen LogP contribution in [0.25, 0.3) is 0 Å². The summed E-state index contributed by atoms with van der Waals surface area (Å²) in [4.78, 5) is 11.3. The van der Waals surface area contributed by atoms with Crippen LogP contribution in [0.15, 0.2) is 0 Å². The van der Waals surface area contributed by atoms with Gasteiger partial charge in [-0.15, -0.1) is 0 Å². The maximum atomic E-state index is 11.3. The second-order valence-electron chi connectivity index (χ2n) is 3.10. The molecule has 0 aromatic rings. The molecule has 0 aromatic carbocycles. The van der Waals surface area contributed by atoms with Crippen molar-refractivity contribution in [3.8, 4) is 0 Å². The van der Waals surface area contributed by atoms with Crippen molar-refractivity contribution in [3.05, 3.63) is 0 Å². The Morgan fingerprint density at radius 3 is 2.33 bits per heavy atom. The Morgan fingerprint density at radius 2 is 1.92 bits per heavy atom. The predicted molar refractivity (Wildman–Crippen MR) is 51.0 cm³/mol. The van der Waals surface area contributed by atoms with Crippen LogP contribution >= 0.6 is 0 Å². The van der Waals surface area contributed by atoms with E-state index in [1.54, 1.807) is 0 Å². The monoisotopic (exact) mass is 172 g/mol. The third-order valence-electron chi connectivity index (χ3n) is 1.90. The summed E-state index contributed by atoms with van der Waals surface area (Å²) in [5.74, 6) is 0.0891. The first-order valence-corrected chi connectivity index (χ1v) is 4.65. The van der Waals surface area contributed by atoms with Crippen molar-refractivity contribution in [2.24, 2.45) is 0 Å². The molecule has 0 aliphatic carbocycles. The molecular formula is C9H20N2O. The van der Waals surface area contributed by atoms with E-state index in [9.17, 15) is 4.79 Å². The number of carbonyl (C=O) groups is 1. The van der Waals surface area contributed by atoms with Crippen LogP contribution < -0.4 is 10.6 Å². The van der Waals surface area contributed by atoms with E-state index in [-0.39, 0.29) is 18.0 Å². The molecule has 0 spiro atoms. The summed E-state index contributed by atoms with van der Waals surface area (Å²) in [6, 6.07) is 0.197. The largest absolute Gasteiger partial charge is 0.352 e. The number of amides is 1. The number of hydrogen-bond donors (Lipinski definition) is 2. The summed E-state index contributed by atoms with van der Waals surface area (Å²) in [6.07, 6.45) is 0.977. The fourth-order valence-corrected chi connectivity index (χ4v) is 0.869. The lowest BCUT2D eigenvalue weighted by Crippen LogP contribution is -2.45. The van der Waals surface area contributed by atoms with Crippen molar-refractivity contribution in [2.45, 2.75) is 46.2 Å². The third-order valence-corrected chi connectivity index (χ3v) is 1.90. The maximum absolute atomic E-state index is 11.3. The Morgan fingerprint density at radius 1 is 1.33 bits per heavy atom. The molecular weight excluding hydrogens is 152 g/mol. The van der Waals surface area contributed by atoms with Crippen molar-refractivity contribution in [1.82, 2.24) is 10.6 Å². The smallest absolute Gasteiger partial charge is 0.237 e. The second-order valence-corrected chi connectivity index (χ2v) is 3.10. The van der Waals surface area contributed by atoms with E-state index >= 15 is 0 Å². The summed E-state index contributed by atoms with van der Waals surface area (Å²) in [7, 11) is 0. The first-order chi connectivity index (χ1) is 5.61. The number of nitrogens with one attached hydrogen (secondary N) is 2. The molecule has 3 nitrogen and oxygen atoms in total. The van der Waals surface area contributed by atoms with Crippen LogP contribution in [0.2, 0.25) is 0 Å². The average molecular weight is 172 g/mol. The van der Waals surface area contributed by atoms with Gasteiger partial charge in [0.25, 0.3) is 0 Å². The van der Waals surface area contributed by atoms with Crippen LogP contribution in [0.4, 0.5) is 0 Å². The highest BCUT2D eigenvalue weighted by molar-refractivity contribution is 5.81. The molecule has 0 rings (SSSR count).